The number of aliphatic hydroxyl groups excluding tert-OH is 1. The minimum absolute atomic E-state index is 0.0207. The number of ether oxygens (including phenoxy) is 2. The van der Waals surface area contributed by atoms with Gasteiger partial charge in [-0.3, -0.25) is 0 Å². The third-order valence-corrected chi connectivity index (χ3v) is 4.58. The van der Waals surface area contributed by atoms with E-state index in [2.05, 4.69) is 6.92 Å². The van der Waals surface area contributed by atoms with Gasteiger partial charge in [-0.25, -0.2) is 0 Å². The fraction of sp³-hybridized carbons (Fsp3) is 1.00. The summed E-state index contributed by atoms with van der Waals surface area (Å²) in [7, 11) is 0. The van der Waals surface area contributed by atoms with Crippen LogP contribution in [0, 0.1) is 5.92 Å². The summed E-state index contributed by atoms with van der Waals surface area (Å²) in [5.74, 6) is 0.439. The van der Waals surface area contributed by atoms with E-state index in [9.17, 15) is 5.11 Å². The standard InChI is InChI=1S/C15H28O3/c1-2-3-4-5-14(16)13-6-9-18-15(12-13)7-10-17-11-8-15/h13-14,16H,2-12H2,1H3. The minimum Gasteiger partial charge on any atom is -0.393 e. The summed E-state index contributed by atoms with van der Waals surface area (Å²) in [6.45, 7) is 4.66. The average molecular weight is 256 g/mol. The Labute approximate surface area is 111 Å². The number of rotatable bonds is 5. The zero-order valence-electron chi connectivity index (χ0n) is 11.7. The lowest BCUT2D eigenvalue weighted by Gasteiger charge is -2.44. The molecule has 0 saturated carbocycles. The highest BCUT2D eigenvalue weighted by Crippen LogP contribution is 2.38. The molecule has 1 spiro atoms. The Hall–Kier alpha value is -0.120. The van der Waals surface area contributed by atoms with Crippen LogP contribution < -0.4 is 0 Å². The molecule has 0 aliphatic carbocycles. The summed E-state index contributed by atoms with van der Waals surface area (Å²) < 4.78 is 11.5. The topological polar surface area (TPSA) is 38.7 Å². The molecule has 2 saturated heterocycles. The van der Waals surface area contributed by atoms with Crippen LogP contribution in [-0.4, -0.2) is 36.6 Å². The number of unbranched alkanes of at least 4 members (excludes halogenated alkanes) is 2. The van der Waals surface area contributed by atoms with Gasteiger partial charge in [0.1, 0.15) is 0 Å². The first-order valence-corrected chi connectivity index (χ1v) is 7.65. The molecule has 0 aromatic rings. The molecular weight excluding hydrogens is 228 g/mol. The van der Waals surface area contributed by atoms with Crippen molar-refractivity contribution in [2.75, 3.05) is 19.8 Å². The highest BCUT2D eigenvalue weighted by atomic mass is 16.5. The van der Waals surface area contributed by atoms with Crippen LogP contribution in [-0.2, 0) is 9.47 Å². The van der Waals surface area contributed by atoms with Gasteiger partial charge in [-0.1, -0.05) is 26.2 Å². The SMILES string of the molecule is CCCCCC(O)C1CCOC2(CCOCC2)C1. The first-order valence-electron chi connectivity index (χ1n) is 7.65. The molecule has 2 unspecified atom stereocenters. The van der Waals surface area contributed by atoms with Crippen molar-refractivity contribution in [1.29, 1.82) is 0 Å². The van der Waals surface area contributed by atoms with Crippen molar-refractivity contribution in [3.05, 3.63) is 0 Å². The molecule has 2 heterocycles. The number of hydrogen-bond acceptors (Lipinski definition) is 3. The highest BCUT2D eigenvalue weighted by molar-refractivity contribution is 4.90. The van der Waals surface area contributed by atoms with Crippen LogP contribution in [0.25, 0.3) is 0 Å². The zero-order valence-corrected chi connectivity index (χ0v) is 11.7. The average Bonchev–Trinajstić information content (AvgIpc) is 2.40. The fourth-order valence-electron chi connectivity index (χ4n) is 3.33. The zero-order chi connectivity index (χ0) is 12.8. The smallest absolute Gasteiger partial charge is 0.0730 e. The molecule has 0 radical (unpaired) electrons. The molecule has 2 fully saturated rings. The normalized spacial score (nSPS) is 29.3. The van der Waals surface area contributed by atoms with Crippen molar-refractivity contribution in [3.8, 4) is 0 Å². The summed E-state index contributed by atoms with van der Waals surface area (Å²) in [5, 5.41) is 10.3. The molecule has 2 aliphatic rings. The second-order valence-corrected chi connectivity index (χ2v) is 5.96. The lowest BCUT2D eigenvalue weighted by atomic mass is 9.77. The highest BCUT2D eigenvalue weighted by Gasteiger charge is 2.40. The van der Waals surface area contributed by atoms with Crippen molar-refractivity contribution < 1.29 is 14.6 Å². The van der Waals surface area contributed by atoms with E-state index < -0.39 is 0 Å². The molecule has 0 bridgehead atoms. The second kappa shape index (κ2) is 6.88. The monoisotopic (exact) mass is 256 g/mol. The van der Waals surface area contributed by atoms with Gasteiger partial charge in [0.25, 0.3) is 0 Å². The number of hydrogen-bond donors (Lipinski definition) is 1. The van der Waals surface area contributed by atoms with E-state index in [1.807, 2.05) is 0 Å². The Morgan fingerprint density at radius 2 is 2.00 bits per heavy atom. The molecular formula is C15H28O3. The van der Waals surface area contributed by atoms with Crippen LogP contribution in [0.2, 0.25) is 0 Å². The largest absolute Gasteiger partial charge is 0.393 e. The first kappa shape index (κ1) is 14.3. The molecule has 106 valence electrons. The molecule has 2 atom stereocenters. The fourth-order valence-corrected chi connectivity index (χ4v) is 3.33. The van der Waals surface area contributed by atoms with E-state index in [1.165, 1.54) is 12.8 Å². The van der Waals surface area contributed by atoms with Gasteiger partial charge in [0.2, 0.25) is 0 Å². The molecule has 0 aromatic carbocycles. The van der Waals surface area contributed by atoms with E-state index in [-0.39, 0.29) is 11.7 Å². The quantitative estimate of drug-likeness (QED) is 0.769. The number of aliphatic hydroxyl groups is 1. The molecule has 2 rings (SSSR count). The Kier molecular flexibility index (Phi) is 5.46. The van der Waals surface area contributed by atoms with Crippen molar-refractivity contribution in [3.63, 3.8) is 0 Å². The maximum Gasteiger partial charge on any atom is 0.0730 e. The molecule has 0 aromatic heterocycles. The lowest BCUT2D eigenvalue weighted by molar-refractivity contribution is -0.159. The van der Waals surface area contributed by atoms with Crippen LogP contribution in [0.5, 0.6) is 0 Å². The minimum atomic E-state index is -0.125. The van der Waals surface area contributed by atoms with Crippen molar-refractivity contribution in [1.82, 2.24) is 0 Å². The van der Waals surface area contributed by atoms with Gasteiger partial charge in [0.05, 0.1) is 11.7 Å². The molecule has 2 aliphatic heterocycles. The van der Waals surface area contributed by atoms with Crippen molar-refractivity contribution >= 4 is 0 Å². The van der Waals surface area contributed by atoms with Gasteiger partial charge in [0.15, 0.2) is 0 Å². The Balaban J connectivity index is 1.81. The third-order valence-electron chi connectivity index (χ3n) is 4.58. The maximum atomic E-state index is 10.3. The van der Waals surface area contributed by atoms with Crippen LogP contribution >= 0.6 is 0 Å². The predicted octanol–water partition coefficient (Wildman–Crippen LogP) is 2.90. The van der Waals surface area contributed by atoms with Gasteiger partial charge in [-0.15, -0.1) is 0 Å². The molecule has 0 amide bonds. The Morgan fingerprint density at radius 1 is 1.22 bits per heavy atom. The van der Waals surface area contributed by atoms with Gasteiger partial charge >= 0.3 is 0 Å². The van der Waals surface area contributed by atoms with Gasteiger partial charge in [-0.2, -0.15) is 0 Å². The maximum absolute atomic E-state index is 10.3. The van der Waals surface area contributed by atoms with Gasteiger partial charge in [-0.05, 0) is 38.0 Å². The molecule has 3 nitrogen and oxygen atoms in total. The van der Waals surface area contributed by atoms with Gasteiger partial charge in [0, 0.05) is 19.8 Å². The molecule has 18 heavy (non-hydrogen) atoms. The predicted molar refractivity (Wildman–Crippen MR) is 71.6 cm³/mol. The van der Waals surface area contributed by atoms with E-state index in [1.54, 1.807) is 0 Å². The van der Waals surface area contributed by atoms with Crippen LogP contribution in [0.1, 0.15) is 58.3 Å². The summed E-state index contributed by atoms with van der Waals surface area (Å²) in [6, 6.07) is 0. The summed E-state index contributed by atoms with van der Waals surface area (Å²) in [5.41, 5.74) is 0.0207. The summed E-state index contributed by atoms with van der Waals surface area (Å²) >= 11 is 0. The van der Waals surface area contributed by atoms with Crippen molar-refractivity contribution in [2.45, 2.75) is 70.0 Å². The van der Waals surface area contributed by atoms with Gasteiger partial charge < -0.3 is 14.6 Å². The second-order valence-electron chi connectivity index (χ2n) is 5.96. The summed E-state index contributed by atoms with van der Waals surface area (Å²) in [4.78, 5) is 0. The summed E-state index contributed by atoms with van der Waals surface area (Å²) in [6.07, 6.45) is 8.52. The van der Waals surface area contributed by atoms with Crippen LogP contribution in [0.15, 0.2) is 0 Å². The van der Waals surface area contributed by atoms with Crippen LogP contribution in [0.3, 0.4) is 0 Å². The lowest BCUT2D eigenvalue weighted by Crippen LogP contribution is -2.46. The Bertz CT molecular complexity index is 230. The van der Waals surface area contributed by atoms with E-state index in [0.717, 1.165) is 58.3 Å². The van der Waals surface area contributed by atoms with Crippen molar-refractivity contribution in [2.24, 2.45) is 5.92 Å². The van der Waals surface area contributed by atoms with Crippen LogP contribution in [0.4, 0.5) is 0 Å². The molecule has 3 heteroatoms. The van der Waals surface area contributed by atoms with E-state index in [4.69, 9.17) is 9.47 Å². The molecule has 1 N–H and O–H groups in total. The van der Waals surface area contributed by atoms with E-state index >= 15 is 0 Å². The van der Waals surface area contributed by atoms with E-state index in [0.29, 0.717) is 5.92 Å². The first-order chi connectivity index (χ1) is 8.76. The third kappa shape index (κ3) is 3.69. The Morgan fingerprint density at radius 3 is 2.72 bits per heavy atom.